The van der Waals surface area contributed by atoms with Gasteiger partial charge in [-0.15, -0.1) is 0 Å². The number of Topliss-reactive ketones (excluding diaryl/α,β-unsaturated/α-hetero) is 1. The molecule has 1 aromatic rings. The fraction of sp³-hybridized carbons (Fsp3) is 0.476. The Labute approximate surface area is 194 Å². The van der Waals surface area contributed by atoms with Crippen LogP contribution in [0.5, 0.6) is 0 Å². The Hall–Kier alpha value is -3.96. The van der Waals surface area contributed by atoms with Gasteiger partial charge in [0.2, 0.25) is 5.91 Å². The SMILES string of the molecule is CCOC(=O)CNC(C)[C@H]1C(=O)N[C@@H]1C(C)C(=O)C(=[N+]=[N-])C(=O)OCc1ccc([N+](=O)[O-])cc1. The maximum absolute atomic E-state index is 12.8. The number of ether oxygens (including phenoxy) is 2. The van der Waals surface area contributed by atoms with Gasteiger partial charge in [0.1, 0.15) is 6.61 Å². The van der Waals surface area contributed by atoms with E-state index in [2.05, 4.69) is 15.4 Å². The van der Waals surface area contributed by atoms with Gasteiger partial charge in [0.25, 0.3) is 11.5 Å². The van der Waals surface area contributed by atoms with Crippen LogP contribution in [0.25, 0.3) is 5.53 Å². The highest BCUT2D eigenvalue weighted by Crippen LogP contribution is 2.26. The van der Waals surface area contributed by atoms with Crippen LogP contribution in [0.1, 0.15) is 26.3 Å². The van der Waals surface area contributed by atoms with Crippen LogP contribution in [0.2, 0.25) is 0 Å². The van der Waals surface area contributed by atoms with E-state index in [1.165, 1.54) is 31.2 Å². The summed E-state index contributed by atoms with van der Waals surface area (Å²) in [5, 5.41) is 16.2. The number of nitro benzene ring substituents is 1. The number of β-lactam (4-membered cyclic amide) rings is 1. The molecule has 1 saturated heterocycles. The van der Waals surface area contributed by atoms with E-state index in [0.717, 1.165) is 0 Å². The van der Waals surface area contributed by atoms with Gasteiger partial charge in [-0.05, 0) is 31.5 Å². The minimum Gasteiger partial charge on any atom is -0.465 e. The van der Waals surface area contributed by atoms with E-state index < -0.39 is 52.3 Å². The number of hydrogen-bond donors (Lipinski definition) is 2. The molecule has 0 spiro atoms. The molecule has 13 heteroatoms. The number of non-ortho nitro benzene ring substituents is 1. The van der Waals surface area contributed by atoms with Gasteiger partial charge in [-0.25, -0.2) is 4.79 Å². The van der Waals surface area contributed by atoms with Gasteiger partial charge in [-0.3, -0.25) is 24.5 Å². The molecular formula is C21H25N5O8. The third-order valence-corrected chi connectivity index (χ3v) is 5.41. The quantitative estimate of drug-likeness (QED) is 0.0620. The van der Waals surface area contributed by atoms with E-state index in [-0.39, 0.29) is 31.4 Å². The third-order valence-electron chi connectivity index (χ3n) is 5.41. The number of esters is 2. The molecule has 0 bridgehead atoms. The average Bonchev–Trinajstić information content (AvgIpc) is 2.80. The molecule has 182 valence electrons. The zero-order valence-corrected chi connectivity index (χ0v) is 18.8. The lowest BCUT2D eigenvalue weighted by molar-refractivity contribution is -0.384. The summed E-state index contributed by atoms with van der Waals surface area (Å²) in [6, 6.07) is 4.06. The molecule has 2 N–H and O–H groups in total. The molecular weight excluding hydrogens is 450 g/mol. The van der Waals surface area contributed by atoms with E-state index in [0.29, 0.717) is 5.56 Å². The van der Waals surface area contributed by atoms with Crippen molar-refractivity contribution in [3.05, 3.63) is 45.5 Å². The van der Waals surface area contributed by atoms with Crippen LogP contribution in [-0.4, -0.2) is 64.3 Å². The Morgan fingerprint density at radius 2 is 1.88 bits per heavy atom. The van der Waals surface area contributed by atoms with E-state index in [4.69, 9.17) is 9.47 Å². The molecule has 34 heavy (non-hydrogen) atoms. The van der Waals surface area contributed by atoms with Crippen LogP contribution in [0.4, 0.5) is 5.69 Å². The van der Waals surface area contributed by atoms with Crippen molar-refractivity contribution < 1.29 is 38.4 Å². The Kier molecular flexibility index (Phi) is 9.10. The summed E-state index contributed by atoms with van der Waals surface area (Å²) < 4.78 is 9.82. The summed E-state index contributed by atoms with van der Waals surface area (Å²) in [7, 11) is 0. The summed E-state index contributed by atoms with van der Waals surface area (Å²) in [5.41, 5.74) is 8.68. The van der Waals surface area contributed by atoms with Gasteiger partial charge >= 0.3 is 17.7 Å². The molecule has 1 fully saturated rings. The van der Waals surface area contributed by atoms with Crippen molar-refractivity contribution in [1.82, 2.24) is 10.6 Å². The normalized spacial score (nSPS) is 18.4. The number of nitrogens with one attached hydrogen (secondary N) is 2. The molecule has 2 rings (SSSR count). The monoisotopic (exact) mass is 475 g/mol. The molecule has 2 unspecified atom stereocenters. The summed E-state index contributed by atoms with van der Waals surface area (Å²) in [6.45, 7) is 4.59. The maximum Gasteiger partial charge on any atom is 0.441 e. The summed E-state index contributed by atoms with van der Waals surface area (Å²) >= 11 is 0. The molecule has 13 nitrogen and oxygen atoms in total. The number of benzene rings is 1. The molecule has 0 radical (unpaired) electrons. The number of rotatable bonds is 12. The number of nitro groups is 1. The van der Waals surface area contributed by atoms with Crippen LogP contribution in [0.3, 0.4) is 0 Å². The summed E-state index contributed by atoms with van der Waals surface area (Å²) in [4.78, 5) is 61.6. The van der Waals surface area contributed by atoms with Gasteiger partial charge in [0, 0.05) is 24.1 Å². The van der Waals surface area contributed by atoms with Crippen molar-refractivity contribution in [3.8, 4) is 0 Å². The highest BCUT2D eigenvalue weighted by atomic mass is 16.6. The van der Waals surface area contributed by atoms with Gasteiger partial charge in [0.15, 0.2) is 0 Å². The number of carbonyl (C=O) groups excluding carboxylic acids is 4. The minimum absolute atomic E-state index is 0.119. The van der Waals surface area contributed by atoms with Crippen LogP contribution < -0.4 is 10.6 Å². The van der Waals surface area contributed by atoms with Gasteiger partial charge < -0.3 is 25.6 Å². The largest absolute Gasteiger partial charge is 0.465 e. The Bertz CT molecular complexity index is 1020. The highest BCUT2D eigenvalue weighted by Gasteiger charge is 2.50. The first-order valence-corrected chi connectivity index (χ1v) is 10.5. The lowest BCUT2D eigenvalue weighted by atomic mass is 9.75. The van der Waals surface area contributed by atoms with Crippen molar-refractivity contribution >= 4 is 35.0 Å². The molecule has 1 aliphatic rings. The van der Waals surface area contributed by atoms with E-state index in [1.807, 2.05) is 0 Å². The van der Waals surface area contributed by atoms with Crippen LogP contribution in [0, 0.1) is 22.0 Å². The van der Waals surface area contributed by atoms with Crippen LogP contribution in [0.15, 0.2) is 24.3 Å². The van der Waals surface area contributed by atoms with Crippen LogP contribution >= 0.6 is 0 Å². The minimum atomic E-state index is -1.19. The Balaban J connectivity index is 1.98. The predicted octanol–water partition coefficient (Wildman–Crippen LogP) is 0.170. The van der Waals surface area contributed by atoms with Crippen molar-refractivity contribution in [3.63, 3.8) is 0 Å². The number of nitrogens with zero attached hydrogens (tertiary/aromatic N) is 3. The number of hydrogen-bond acceptors (Lipinski definition) is 9. The second kappa shape index (κ2) is 11.8. The molecule has 0 saturated carbocycles. The van der Waals surface area contributed by atoms with Crippen molar-refractivity contribution in [2.45, 2.75) is 39.5 Å². The topological polar surface area (TPSA) is 190 Å². The number of carbonyl (C=O) groups is 4. The molecule has 1 heterocycles. The zero-order chi connectivity index (χ0) is 25.4. The van der Waals surface area contributed by atoms with Gasteiger partial charge in [-0.1, -0.05) is 6.92 Å². The molecule has 1 aliphatic heterocycles. The fourth-order valence-corrected chi connectivity index (χ4v) is 3.48. The van der Waals surface area contributed by atoms with E-state index >= 15 is 0 Å². The summed E-state index contributed by atoms with van der Waals surface area (Å²) in [6.07, 6.45) is 0. The lowest BCUT2D eigenvalue weighted by Gasteiger charge is -2.42. The predicted molar refractivity (Wildman–Crippen MR) is 115 cm³/mol. The standard InChI is InChI=1S/C21H25N5O8/c1-4-33-15(27)9-23-12(3)16-17(24-20(16)29)11(2)19(28)18(25-22)21(30)34-10-13-5-7-14(8-6-13)26(31)32/h5-8,11-12,16-17,23H,4,9-10H2,1-3H3,(H,24,29)/t11?,12?,16-,17-/m1/s1. The second-order valence-electron chi connectivity index (χ2n) is 7.64. The first-order chi connectivity index (χ1) is 16.1. The van der Waals surface area contributed by atoms with E-state index in [1.54, 1.807) is 13.8 Å². The highest BCUT2D eigenvalue weighted by molar-refractivity contribution is 6.62. The Morgan fingerprint density at radius 1 is 1.24 bits per heavy atom. The van der Waals surface area contributed by atoms with Gasteiger partial charge in [0.05, 0.1) is 30.0 Å². The lowest BCUT2D eigenvalue weighted by Crippen LogP contribution is -2.68. The molecule has 0 aliphatic carbocycles. The van der Waals surface area contributed by atoms with Gasteiger partial charge in [-0.2, -0.15) is 4.79 Å². The van der Waals surface area contributed by atoms with Crippen molar-refractivity contribution in [2.75, 3.05) is 13.2 Å². The van der Waals surface area contributed by atoms with Crippen LogP contribution in [-0.2, 0) is 35.3 Å². The molecule has 1 amide bonds. The smallest absolute Gasteiger partial charge is 0.441 e. The average molecular weight is 475 g/mol. The number of ketones is 1. The third kappa shape index (κ3) is 6.30. The molecule has 4 atom stereocenters. The maximum atomic E-state index is 12.8. The zero-order valence-electron chi connectivity index (χ0n) is 18.8. The second-order valence-corrected chi connectivity index (χ2v) is 7.64. The van der Waals surface area contributed by atoms with Crippen molar-refractivity contribution in [1.29, 1.82) is 0 Å². The molecule has 1 aromatic carbocycles. The fourth-order valence-electron chi connectivity index (χ4n) is 3.48. The summed E-state index contributed by atoms with van der Waals surface area (Å²) in [5.74, 6) is -4.47. The number of amides is 1. The Morgan fingerprint density at radius 3 is 2.41 bits per heavy atom. The first kappa shape index (κ1) is 26.3. The van der Waals surface area contributed by atoms with E-state index in [9.17, 15) is 34.8 Å². The van der Waals surface area contributed by atoms with Crippen molar-refractivity contribution in [2.24, 2.45) is 11.8 Å². The molecule has 0 aromatic heterocycles. The first-order valence-electron chi connectivity index (χ1n) is 10.5.